The van der Waals surface area contributed by atoms with Crippen LogP contribution >= 0.6 is 82.6 Å². The predicted octanol–water partition coefficient (Wildman–Crippen LogP) is 11.6. The molecule has 0 aliphatic rings. The molecule has 53 heavy (non-hydrogen) atoms. The Morgan fingerprint density at radius 1 is 0.547 bits per heavy atom. The van der Waals surface area contributed by atoms with Gasteiger partial charge in [0.05, 0.1) is 31.8 Å². The molecule has 0 saturated carbocycles. The first kappa shape index (κ1) is 44.8. The summed E-state index contributed by atoms with van der Waals surface area (Å²) in [5.41, 5.74) is 6.18. The molecule has 2 amide bonds. The number of anilines is 3. The third-order valence-corrected chi connectivity index (χ3v) is 8.47. The number of aromatic carboxylic acids is 1. The first-order valence-corrected chi connectivity index (χ1v) is 18.0. The lowest BCUT2D eigenvalue weighted by Crippen LogP contribution is -2.13. The van der Waals surface area contributed by atoms with Crippen molar-refractivity contribution in [2.45, 2.75) is 7.43 Å². The monoisotopic (exact) mass is 964 g/mol. The van der Waals surface area contributed by atoms with Crippen molar-refractivity contribution in [3.05, 3.63) is 173 Å². The van der Waals surface area contributed by atoms with Gasteiger partial charge in [-0.15, -0.1) is 0 Å². The number of nitrogens with one attached hydrogen (secondary N) is 2. The minimum absolute atomic E-state index is 0. The van der Waals surface area contributed by atoms with Crippen LogP contribution in [-0.2, 0) is 0 Å². The molecule has 0 fully saturated rings. The van der Waals surface area contributed by atoms with Crippen LogP contribution in [0.3, 0.4) is 0 Å². The van der Waals surface area contributed by atoms with E-state index in [1.165, 1.54) is 12.1 Å². The maximum atomic E-state index is 11.9. The molecule has 3 aromatic carbocycles. The van der Waals surface area contributed by atoms with Crippen molar-refractivity contribution in [1.29, 1.82) is 0 Å². The van der Waals surface area contributed by atoms with E-state index in [-0.39, 0.29) is 29.8 Å². The van der Waals surface area contributed by atoms with Crippen LogP contribution in [-0.4, -0.2) is 37.8 Å². The maximum Gasteiger partial charge on any atom is 0.337 e. The quantitative estimate of drug-likeness (QED) is 0.133. The van der Waals surface area contributed by atoms with Gasteiger partial charge in [0.15, 0.2) is 0 Å². The first-order chi connectivity index (χ1) is 24.8. The van der Waals surface area contributed by atoms with Gasteiger partial charge in [-0.3, -0.25) is 9.59 Å². The molecule has 3 heterocycles. The molecule has 0 bridgehead atoms. The summed E-state index contributed by atoms with van der Waals surface area (Å²) in [6.07, 6.45) is 4.88. The second kappa shape index (κ2) is 23.3. The van der Waals surface area contributed by atoms with Gasteiger partial charge < -0.3 is 21.5 Å². The molecule has 6 rings (SSSR count). The highest BCUT2D eigenvalue weighted by Gasteiger charge is 2.12. The lowest BCUT2D eigenvalue weighted by Gasteiger charge is -2.06. The Morgan fingerprint density at radius 2 is 0.906 bits per heavy atom. The standard InChI is InChI=1S/2C12H8BrClN2O.C7H4BrClO2.C5H6N2.CH4/c2*13-8-4-5-10(14)9(7-8)12(17)16-11-3-1-2-6-15-11;8-4-1-2-6(9)5(3-4)7(10)11;6-5-3-1-2-4-7-5;/h2*1-7H,(H,15,16,17);1-3H,(H,10,11);1-4H,(H2,6,7);1H4. The number of carboxylic acids is 1. The number of benzene rings is 3. The molecule has 0 unspecified atom stereocenters. The molecule has 0 saturated heterocycles. The van der Waals surface area contributed by atoms with Crippen molar-refractivity contribution in [3.63, 3.8) is 0 Å². The lowest BCUT2D eigenvalue weighted by molar-refractivity contribution is 0.0696. The summed E-state index contributed by atoms with van der Waals surface area (Å²) in [4.78, 5) is 46.1. The molecule has 10 nitrogen and oxygen atoms in total. The van der Waals surface area contributed by atoms with Gasteiger partial charge >= 0.3 is 5.97 Å². The Balaban J connectivity index is 0.000000255. The van der Waals surface area contributed by atoms with E-state index in [0.29, 0.717) is 43.1 Å². The van der Waals surface area contributed by atoms with Crippen LogP contribution in [0.25, 0.3) is 0 Å². The number of halogens is 6. The first-order valence-electron chi connectivity index (χ1n) is 14.5. The Morgan fingerprint density at radius 3 is 1.19 bits per heavy atom. The van der Waals surface area contributed by atoms with Crippen LogP contribution < -0.4 is 16.4 Å². The number of rotatable bonds is 5. The van der Waals surface area contributed by atoms with Gasteiger partial charge in [0.25, 0.3) is 11.8 Å². The summed E-state index contributed by atoms with van der Waals surface area (Å²) in [5, 5.41) is 15.0. The summed E-state index contributed by atoms with van der Waals surface area (Å²) in [7, 11) is 0. The molecule has 5 N–H and O–H groups in total. The Hall–Kier alpha value is -4.37. The number of amides is 2. The average molecular weight is 969 g/mol. The number of aromatic nitrogens is 3. The van der Waals surface area contributed by atoms with Crippen molar-refractivity contribution >= 4 is 118 Å². The van der Waals surface area contributed by atoms with Crippen LogP contribution in [0.2, 0.25) is 15.1 Å². The van der Waals surface area contributed by atoms with E-state index >= 15 is 0 Å². The summed E-state index contributed by atoms with van der Waals surface area (Å²) < 4.78 is 2.31. The molecule has 6 aromatic rings. The van der Waals surface area contributed by atoms with Gasteiger partial charge in [-0.2, -0.15) is 0 Å². The minimum atomic E-state index is -1.02. The number of hydrogen-bond donors (Lipinski definition) is 4. The fourth-order valence-corrected chi connectivity index (χ4v) is 5.31. The number of nitrogen functional groups attached to an aromatic ring is 1. The molecule has 0 radical (unpaired) electrons. The van der Waals surface area contributed by atoms with Gasteiger partial charge in [-0.05, 0) is 91.0 Å². The summed E-state index contributed by atoms with van der Waals surface area (Å²) in [6, 6.07) is 30.9. The molecule has 16 heteroatoms. The third-order valence-electron chi connectivity index (χ3n) is 6.01. The summed E-state index contributed by atoms with van der Waals surface area (Å²) in [5.74, 6) is -0.0223. The highest BCUT2D eigenvalue weighted by atomic mass is 79.9. The number of carbonyl (C=O) groups excluding carboxylic acids is 2. The molecular weight excluding hydrogens is 939 g/mol. The van der Waals surface area contributed by atoms with E-state index in [0.717, 1.165) is 8.95 Å². The maximum absolute atomic E-state index is 11.9. The van der Waals surface area contributed by atoms with Crippen molar-refractivity contribution in [1.82, 2.24) is 15.0 Å². The molecule has 3 aromatic heterocycles. The van der Waals surface area contributed by atoms with E-state index in [1.807, 2.05) is 12.1 Å². The Labute approximate surface area is 346 Å². The van der Waals surface area contributed by atoms with Crippen LogP contribution in [0.1, 0.15) is 38.5 Å². The molecule has 0 aliphatic carbocycles. The van der Waals surface area contributed by atoms with Crippen molar-refractivity contribution in [3.8, 4) is 0 Å². The van der Waals surface area contributed by atoms with E-state index in [4.69, 9.17) is 45.6 Å². The second-order valence-corrected chi connectivity index (χ2v) is 13.7. The van der Waals surface area contributed by atoms with Crippen LogP contribution in [0, 0.1) is 0 Å². The zero-order valence-corrected chi connectivity index (χ0v) is 33.5. The number of nitrogens with zero attached hydrogens (tertiary/aromatic N) is 3. The molecule has 274 valence electrons. The van der Waals surface area contributed by atoms with Gasteiger partial charge in [0.1, 0.15) is 17.5 Å². The number of nitrogens with two attached hydrogens (primary N) is 1. The summed E-state index contributed by atoms with van der Waals surface area (Å²) >= 11 is 27.2. The minimum Gasteiger partial charge on any atom is -0.478 e. The van der Waals surface area contributed by atoms with E-state index in [9.17, 15) is 14.4 Å². The zero-order valence-electron chi connectivity index (χ0n) is 26.5. The molecular formula is C37H30Br3Cl3N6O4. The highest BCUT2D eigenvalue weighted by molar-refractivity contribution is 9.11. The van der Waals surface area contributed by atoms with Crippen LogP contribution in [0.4, 0.5) is 17.5 Å². The molecule has 0 aliphatic heterocycles. The van der Waals surface area contributed by atoms with Crippen LogP contribution in [0.5, 0.6) is 0 Å². The fourth-order valence-electron chi connectivity index (χ4n) is 3.62. The predicted molar refractivity (Wildman–Crippen MR) is 224 cm³/mol. The van der Waals surface area contributed by atoms with Gasteiger partial charge in [0.2, 0.25) is 0 Å². The number of pyridine rings is 3. The van der Waals surface area contributed by atoms with Gasteiger partial charge in [-0.1, -0.05) is 108 Å². The average Bonchev–Trinajstić information content (AvgIpc) is 3.13. The fraction of sp³-hybridized carbons (Fsp3) is 0.0270. The Kier molecular flexibility index (Phi) is 19.7. The molecule has 0 spiro atoms. The van der Waals surface area contributed by atoms with Crippen LogP contribution in [0.15, 0.2) is 141 Å². The van der Waals surface area contributed by atoms with Crippen molar-refractivity contribution in [2.75, 3.05) is 16.4 Å². The third kappa shape index (κ3) is 16.0. The van der Waals surface area contributed by atoms with Gasteiger partial charge in [0, 0.05) is 32.0 Å². The second-order valence-electron chi connectivity index (χ2n) is 9.77. The number of carboxylic acid groups (broad SMARTS) is 1. The Bertz CT molecular complexity index is 2000. The normalized spacial score (nSPS) is 9.55. The smallest absolute Gasteiger partial charge is 0.337 e. The number of carbonyl (C=O) groups is 3. The molecule has 0 atom stereocenters. The van der Waals surface area contributed by atoms with E-state index in [1.54, 1.807) is 104 Å². The zero-order chi connectivity index (χ0) is 38.0. The topological polar surface area (TPSA) is 160 Å². The van der Waals surface area contributed by atoms with Crippen molar-refractivity contribution in [2.24, 2.45) is 0 Å². The largest absolute Gasteiger partial charge is 0.478 e. The van der Waals surface area contributed by atoms with E-state index in [2.05, 4.69) is 73.4 Å². The SMILES string of the molecule is C.Nc1ccccn1.O=C(Nc1ccccn1)c1cc(Br)ccc1Cl.O=C(Nc1ccccn1)c1cc(Br)ccc1Cl.O=C(O)c1cc(Br)ccc1Cl. The van der Waals surface area contributed by atoms with Crippen molar-refractivity contribution < 1.29 is 19.5 Å². The van der Waals surface area contributed by atoms with E-state index < -0.39 is 5.97 Å². The summed E-state index contributed by atoms with van der Waals surface area (Å²) in [6.45, 7) is 0. The number of hydrogen-bond acceptors (Lipinski definition) is 7. The van der Waals surface area contributed by atoms with Gasteiger partial charge in [-0.25, -0.2) is 19.7 Å². The highest BCUT2D eigenvalue weighted by Crippen LogP contribution is 2.23. The lowest BCUT2D eigenvalue weighted by atomic mass is 10.2.